The van der Waals surface area contributed by atoms with Gasteiger partial charge in [0.15, 0.2) is 0 Å². The lowest BCUT2D eigenvalue weighted by Gasteiger charge is -2.26. The highest BCUT2D eigenvalue weighted by Gasteiger charge is 2.37. The van der Waals surface area contributed by atoms with Crippen LogP contribution in [0.3, 0.4) is 0 Å². The van der Waals surface area contributed by atoms with Crippen LogP contribution in [0, 0.1) is 0 Å². The van der Waals surface area contributed by atoms with Gasteiger partial charge in [-0.15, -0.1) is 0 Å². The summed E-state index contributed by atoms with van der Waals surface area (Å²) in [6, 6.07) is 0. The molecule has 0 heterocycles. The number of ether oxygens (including phenoxy) is 2. The van der Waals surface area contributed by atoms with Crippen molar-refractivity contribution in [3.05, 3.63) is 12.7 Å². The normalized spacial score (nSPS) is 20.4. The standard InChI is InChI=1S/C9H14O3/c1-3-8(10)12-9(11-2)6-4-5-7-9/h3H,1,4-7H2,2H3. The molecule has 0 aromatic rings. The molecule has 0 aliphatic heterocycles. The first kappa shape index (κ1) is 9.26. The lowest BCUT2D eigenvalue weighted by Crippen LogP contribution is -2.33. The highest BCUT2D eigenvalue weighted by Crippen LogP contribution is 2.33. The number of esters is 1. The van der Waals surface area contributed by atoms with Gasteiger partial charge in [0.05, 0.1) is 0 Å². The number of hydrogen-bond donors (Lipinski definition) is 0. The van der Waals surface area contributed by atoms with Crippen molar-refractivity contribution >= 4 is 5.97 Å². The molecule has 0 radical (unpaired) electrons. The highest BCUT2D eigenvalue weighted by molar-refractivity contribution is 5.81. The number of carbonyl (C=O) groups is 1. The second-order valence-electron chi connectivity index (χ2n) is 2.95. The lowest BCUT2D eigenvalue weighted by atomic mass is 10.2. The molecule has 1 aliphatic rings. The van der Waals surface area contributed by atoms with Crippen molar-refractivity contribution in [2.24, 2.45) is 0 Å². The molecule has 0 bridgehead atoms. The van der Waals surface area contributed by atoms with Crippen LogP contribution in [0.5, 0.6) is 0 Å². The van der Waals surface area contributed by atoms with Gasteiger partial charge in [-0.3, -0.25) is 0 Å². The topological polar surface area (TPSA) is 35.5 Å². The fourth-order valence-electron chi connectivity index (χ4n) is 1.49. The molecule has 0 aromatic heterocycles. The van der Waals surface area contributed by atoms with Crippen LogP contribution in [-0.4, -0.2) is 18.9 Å². The second kappa shape index (κ2) is 3.72. The molecular weight excluding hydrogens is 156 g/mol. The number of carbonyl (C=O) groups excluding carboxylic acids is 1. The van der Waals surface area contributed by atoms with E-state index < -0.39 is 11.8 Å². The van der Waals surface area contributed by atoms with E-state index >= 15 is 0 Å². The Morgan fingerprint density at radius 1 is 1.50 bits per heavy atom. The zero-order valence-electron chi connectivity index (χ0n) is 7.34. The number of methoxy groups -OCH3 is 1. The molecule has 0 unspecified atom stereocenters. The second-order valence-corrected chi connectivity index (χ2v) is 2.95. The SMILES string of the molecule is C=CC(=O)OC1(OC)CCCC1. The average molecular weight is 170 g/mol. The Morgan fingerprint density at radius 2 is 2.08 bits per heavy atom. The van der Waals surface area contributed by atoms with E-state index in [1.54, 1.807) is 7.11 Å². The molecule has 1 saturated carbocycles. The van der Waals surface area contributed by atoms with Gasteiger partial charge in [-0.05, 0) is 12.8 Å². The van der Waals surface area contributed by atoms with Crippen LogP contribution in [0.2, 0.25) is 0 Å². The van der Waals surface area contributed by atoms with E-state index in [4.69, 9.17) is 9.47 Å². The monoisotopic (exact) mass is 170 g/mol. The molecule has 0 spiro atoms. The fraction of sp³-hybridized carbons (Fsp3) is 0.667. The Morgan fingerprint density at radius 3 is 2.50 bits per heavy atom. The zero-order valence-corrected chi connectivity index (χ0v) is 7.34. The van der Waals surface area contributed by atoms with Gasteiger partial charge in [0.1, 0.15) is 0 Å². The van der Waals surface area contributed by atoms with Gasteiger partial charge in [0, 0.05) is 26.0 Å². The molecule has 68 valence electrons. The summed E-state index contributed by atoms with van der Waals surface area (Å²) in [4.78, 5) is 10.9. The summed E-state index contributed by atoms with van der Waals surface area (Å²) < 4.78 is 10.3. The van der Waals surface area contributed by atoms with Gasteiger partial charge in [0.25, 0.3) is 0 Å². The first-order valence-electron chi connectivity index (χ1n) is 4.13. The predicted octanol–water partition coefficient (Wildman–Crippen LogP) is 1.63. The quantitative estimate of drug-likeness (QED) is 0.367. The molecular formula is C9H14O3. The molecule has 12 heavy (non-hydrogen) atoms. The third-order valence-electron chi connectivity index (χ3n) is 2.19. The first-order valence-corrected chi connectivity index (χ1v) is 4.13. The Bertz CT molecular complexity index is 180. The summed E-state index contributed by atoms with van der Waals surface area (Å²) in [6.07, 6.45) is 4.86. The minimum Gasteiger partial charge on any atom is -0.430 e. The third kappa shape index (κ3) is 1.85. The van der Waals surface area contributed by atoms with Gasteiger partial charge in [0.2, 0.25) is 5.79 Å². The van der Waals surface area contributed by atoms with E-state index in [-0.39, 0.29) is 0 Å². The van der Waals surface area contributed by atoms with Gasteiger partial charge in [-0.2, -0.15) is 0 Å². The maximum atomic E-state index is 10.9. The maximum absolute atomic E-state index is 10.9. The molecule has 0 atom stereocenters. The summed E-state index contributed by atoms with van der Waals surface area (Å²) >= 11 is 0. The molecule has 1 fully saturated rings. The van der Waals surface area contributed by atoms with Crippen molar-refractivity contribution in [3.63, 3.8) is 0 Å². The Labute approximate surface area is 72.4 Å². The smallest absolute Gasteiger partial charge is 0.332 e. The number of rotatable bonds is 3. The van der Waals surface area contributed by atoms with E-state index in [0.29, 0.717) is 0 Å². The van der Waals surface area contributed by atoms with Gasteiger partial charge in [-0.25, -0.2) is 4.79 Å². The van der Waals surface area contributed by atoms with Crippen molar-refractivity contribution in [3.8, 4) is 0 Å². The molecule has 1 aliphatic carbocycles. The largest absolute Gasteiger partial charge is 0.430 e. The van der Waals surface area contributed by atoms with Crippen LogP contribution in [0.25, 0.3) is 0 Å². The van der Waals surface area contributed by atoms with Crippen LogP contribution in [0.15, 0.2) is 12.7 Å². The summed E-state index contributed by atoms with van der Waals surface area (Å²) in [5.74, 6) is -1.07. The van der Waals surface area contributed by atoms with Crippen molar-refractivity contribution < 1.29 is 14.3 Å². The number of hydrogen-bond acceptors (Lipinski definition) is 3. The molecule has 1 rings (SSSR count). The molecule has 3 nitrogen and oxygen atoms in total. The van der Waals surface area contributed by atoms with Crippen LogP contribution in [-0.2, 0) is 14.3 Å². The highest BCUT2D eigenvalue weighted by atomic mass is 16.7. The van der Waals surface area contributed by atoms with Gasteiger partial charge in [-0.1, -0.05) is 6.58 Å². The van der Waals surface area contributed by atoms with Crippen molar-refractivity contribution in [2.45, 2.75) is 31.5 Å². The molecule has 0 N–H and O–H groups in total. The minimum absolute atomic E-state index is 0.404. The van der Waals surface area contributed by atoms with Crippen LogP contribution in [0.4, 0.5) is 0 Å². The van der Waals surface area contributed by atoms with Gasteiger partial charge < -0.3 is 9.47 Å². The van der Waals surface area contributed by atoms with Crippen molar-refractivity contribution in [1.29, 1.82) is 0 Å². The Balaban J connectivity index is 2.54. The minimum atomic E-state index is -0.661. The lowest BCUT2D eigenvalue weighted by molar-refractivity contribution is -0.213. The first-order chi connectivity index (χ1) is 5.72. The van der Waals surface area contributed by atoms with Gasteiger partial charge >= 0.3 is 5.97 Å². The predicted molar refractivity (Wildman–Crippen MR) is 44.5 cm³/mol. The molecule has 0 saturated heterocycles. The van der Waals surface area contributed by atoms with E-state index in [1.165, 1.54) is 6.08 Å². The molecule has 0 aromatic carbocycles. The van der Waals surface area contributed by atoms with E-state index in [1.807, 2.05) is 0 Å². The van der Waals surface area contributed by atoms with E-state index in [9.17, 15) is 4.79 Å². The van der Waals surface area contributed by atoms with E-state index in [0.717, 1.165) is 25.7 Å². The Hall–Kier alpha value is -0.830. The zero-order chi connectivity index (χ0) is 9.03. The Kier molecular flexibility index (Phi) is 2.87. The summed E-state index contributed by atoms with van der Waals surface area (Å²) in [7, 11) is 1.57. The van der Waals surface area contributed by atoms with E-state index in [2.05, 4.69) is 6.58 Å². The molecule has 3 heteroatoms. The van der Waals surface area contributed by atoms with Crippen LogP contribution in [0.1, 0.15) is 25.7 Å². The third-order valence-corrected chi connectivity index (χ3v) is 2.19. The van der Waals surface area contributed by atoms with Crippen LogP contribution >= 0.6 is 0 Å². The van der Waals surface area contributed by atoms with Crippen molar-refractivity contribution in [2.75, 3.05) is 7.11 Å². The average Bonchev–Trinajstić information content (AvgIpc) is 2.54. The van der Waals surface area contributed by atoms with Crippen molar-refractivity contribution in [1.82, 2.24) is 0 Å². The summed E-state index contributed by atoms with van der Waals surface area (Å²) in [5, 5.41) is 0. The summed E-state index contributed by atoms with van der Waals surface area (Å²) in [5.41, 5.74) is 0. The van der Waals surface area contributed by atoms with Crippen LogP contribution < -0.4 is 0 Å². The fourth-order valence-corrected chi connectivity index (χ4v) is 1.49. The maximum Gasteiger partial charge on any atom is 0.332 e. The molecule has 0 amide bonds. The summed E-state index contributed by atoms with van der Waals surface area (Å²) in [6.45, 7) is 3.34.